The number of aliphatic hydroxyl groups is 1. The van der Waals surface area contributed by atoms with Crippen LogP contribution in [0.5, 0.6) is 5.75 Å². The minimum atomic E-state index is -1.29. The number of hydrogen-bond donors (Lipinski definition) is 1. The van der Waals surface area contributed by atoms with E-state index >= 15 is 0 Å². The normalized spacial score (nSPS) is 25.5. The highest BCUT2D eigenvalue weighted by Gasteiger charge is 2.60. The molecular weight excluding hydrogens is 332 g/mol. The third-order valence-corrected chi connectivity index (χ3v) is 5.20. The molecule has 0 bridgehead atoms. The van der Waals surface area contributed by atoms with Crippen molar-refractivity contribution >= 4 is 11.8 Å². The Balaban J connectivity index is 1.86. The van der Waals surface area contributed by atoms with Crippen molar-refractivity contribution in [3.8, 4) is 5.75 Å². The molecule has 0 amide bonds. The minimum Gasteiger partial charge on any atom is -0.460 e. The highest BCUT2D eigenvalue weighted by molar-refractivity contribution is 6.04. The molecule has 1 N–H and O–H groups in total. The van der Waals surface area contributed by atoms with E-state index in [1.807, 2.05) is 30.3 Å². The molecule has 2 aliphatic heterocycles. The first-order valence-corrected chi connectivity index (χ1v) is 8.33. The lowest BCUT2D eigenvalue weighted by Gasteiger charge is -2.42. The predicted molar refractivity (Wildman–Crippen MR) is 91.5 cm³/mol. The molecule has 26 heavy (non-hydrogen) atoms. The Morgan fingerprint density at radius 3 is 2.50 bits per heavy atom. The second kappa shape index (κ2) is 5.16. The van der Waals surface area contributed by atoms with Crippen molar-refractivity contribution in [1.82, 2.24) is 0 Å². The number of fused-ring (bicyclic) bond motifs is 6. The highest BCUT2D eigenvalue weighted by Crippen LogP contribution is 2.56. The summed E-state index contributed by atoms with van der Waals surface area (Å²) in [5, 5.41) is 9.56. The number of allylic oxidation sites excluding steroid dienone is 2. The average molecular weight is 346 g/mol. The number of carbonyl (C=O) groups is 2. The fraction of sp³-hybridized carbons (Fsp3) is 0.143. The van der Waals surface area contributed by atoms with Gasteiger partial charge in [-0.15, -0.1) is 0 Å². The van der Waals surface area contributed by atoms with Crippen LogP contribution >= 0.6 is 0 Å². The van der Waals surface area contributed by atoms with E-state index in [2.05, 4.69) is 0 Å². The maximum absolute atomic E-state index is 13.1. The van der Waals surface area contributed by atoms with Gasteiger partial charge in [-0.3, -0.25) is 4.79 Å². The molecule has 0 fully saturated rings. The van der Waals surface area contributed by atoms with Crippen molar-refractivity contribution in [2.45, 2.75) is 5.60 Å². The van der Waals surface area contributed by atoms with Crippen LogP contribution in [0.15, 0.2) is 72.0 Å². The molecule has 0 saturated heterocycles. The second-order valence-corrected chi connectivity index (χ2v) is 6.49. The summed E-state index contributed by atoms with van der Waals surface area (Å²) >= 11 is 0. The highest BCUT2D eigenvalue weighted by atomic mass is 16.6. The Morgan fingerprint density at radius 1 is 0.962 bits per heavy atom. The number of para-hydroxylation sites is 1. The molecule has 1 spiro atoms. The predicted octanol–water partition coefficient (Wildman–Crippen LogP) is 2.49. The SMILES string of the molecule is O=C1OC2(c3ccccc3OC3=CC=C(CO)C(=O)C32)c2ccccc21. The van der Waals surface area contributed by atoms with Crippen LogP contribution in [0.4, 0.5) is 0 Å². The van der Waals surface area contributed by atoms with E-state index in [1.54, 1.807) is 30.4 Å². The minimum absolute atomic E-state index is 0.265. The first-order chi connectivity index (χ1) is 12.7. The average Bonchev–Trinajstić information content (AvgIpc) is 2.96. The molecule has 128 valence electrons. The van der Waals surface area contributed by atoms with E-state index in [0.717, 1.165) is 0 Å². The molecule has 2 atom stereocenters. The van der Waals surface area contributed by atoms with Gasteiger partial charge in [-0.05, 0) is 24.3 Å². The Kier molecular flexibility index (Phi) is 3.00. The first-order valence-electron chi connectivity index (χ1n) is 8.33. The lowest BCUT2D eigenvalue weighted by molar-refractivity contribution is -0.127. The molecule has 3 aliphatic rings. The topological polar surface area (TPSA) is 72.8 Å². The number of benzene rings is 2. The van der Waals surface area contributed by atoms with Crippen molar-refractivity contribution < 1.29 is 24.2 Å². The number of Topliss-reactive ketones (excluding diaryl/α,β-unsaturated/α-hetero) is 1. The fourth-order valence-electron chi connectivity index (χ4n) is 4.08. The molecular formula is C21H14O5. The van der Waals surface area contributed by atoms with E-state index < -0.39 is 17.5 Å². The van der Waals surface area contributed by atoms with Gasteiger partial charge in [0.2, 0.25) is 0 Å². The number of esters is 1. The Hall–Kier alpha value is -3.18. The quantitative estimate of drug-likeness (QED) is 0.803. The lowest BCUT2D eigenvalue weighted by atomic mass is 9.69. The molecule has 2 aromatic carbocycles. The van der Waals surface area contributed by atoms with Gasteiger partial charge >= 0.3 is 5.97 Å². The molecule has 2 unspecified atom stereocenters. The third-order valence-electron chi connectivity index (χ3n) is 5.20. The van der Waals surface area contributed by atoms with Crippen LogP contribution in [0.2, 0.25) is 0 Å². The lowest BCUT2D eigenvalue weighted by Crippen LogP contribution is -2.48. The van der Waals surface area contributed by atoms with Crippen LogP contribution < -0.4 is 4.74 Å². The zero-order valence-electron chi connectivity index (χ0n) is 13.6. The van der Waals surface area contributed by atoms with Gasteiger partial charge in [-0.25, -0.2) is 4.79 Å². The molecule has 0 radical (unpaired) electrons. The van der Waals surface area contributed by atoms with Gasteiger partial charge in [-0.2, -0.15) is 0 Å². The number of rotatable bonds is 1. The Morgan fingerprint density at radius 2 is 1.69 bits per heavy atom. The first kappa shape index (κ1) is 15.1. The van der Waals surface area contributed by atoms with Crippen LogP contribution in [-0.4, -0.2) is 23.5 Å². The molecule has 0 aromatic heterocycles. The van der Waals surface area contributed by atoms with Crippen molar-refractivity contribution in [1.29, 1.82) is 0 Å². The maximum Gasteiger partial charge on any atom is 0.339 e. The molecule has 2 aromatic rings. The van der Waals surface area contributed by atoms with E-state index in [-0.39, 0.29) is 18.0 Å². The second-order valence-electron chi connectivity index (χ2n) is 6.49. The Bertz CT molecular complexity index is 1030. The summed E-state index contributed by atoms with van der Waals surface area (Å²) < 4.78 is 11.9. The largest absolute Gasteiger partial charge is 0.460 e. The number of carbonyl (C=O) groups excluding carboxylic acids is 2. The summed E-state index contributed by atoms with van der Waals surface area (Å²) in [4.78, 5) is 25.8. The van der Waals surface area contributed by atoms with E-state index in [9.17, 15) is 14.7 Å². The summed E-state index contributed by atoms with van der Waals surface area (Å²) in [6, 6.07) is 14.3. The molecule has 2 heterocycles. The number of hydrogen-bond acceptors (Lipinski definition) is 5. The standard InChI is InChI=1S/C21H14O5/c22-11-12-9-10-17-18(19(12)23)21(15-7-3-4-8-16(15)25-17)14-6-2-1-5-13(14)20(24)26-21/h1-10,18,22H,11H2. The summed E-state index contributed by atoms with van der Waals surface area (Å²) in [5.74, 6) is -0.672. The van der Waals surface area contributed by atoms with Gasteiger partial charge in [0, 0.05) is 16.7 Å². The monoisotopic (exact) mass is 346 g/mol. The van der Waals surface area contributed by atoms with Crippen LogP contribution in [0, 0.1) is 5.92 Å². The van der Waals surface area contributed by atoms with Crippen LogP contribution in [0.25, 0.3) is 0 Å². The molecule has 5 heteroatoms. The summed E-state index contributed by atoms with van der Waals surface area (Å²) in [7, 11) is 0. The van der Waals surface area contributed by atoms with Gasteiger partial charge in [0.15, 0.2) is 11.4 Å². The van der Waals surface area contributed by atoms with Crippen LogP contribution in [0.3, 0.4) is 0 Å². The van der Waals surface area contributed by atoms with Crippen molar-refractivity contribution in [2.24, 2.45) is 5.92 Å². The smallest absolute Gasteiger partial charge is 0.339 e. The Labute approximate surface area is 149 Å². The van der Waals surface area contributed by atoms with Crippen molar-refractivity contribution in [3.63, 3.8) is 0 Å². The van der Waals surface area contributed by atoms with Gasteiger partial charge in [0.1, 0.15) is 17.4 Å². The summed E-state index contributed by atoms with van der Waals surface area (Å²) in [5.41, 5.74) is 0.690. The summed E-state index contributed by atoms with van der Waals surface area (Å²) in [6.45, 7) is -0.383. The van der Waals surface area contributed by atoms with Crippen molar-refractivity contribution in [3.05, 3.63) is 88.7 Å². The van der Waals surface area contributed by atoms with Gasteiger partial charge in [0.05, 0.1) is 12.2 Å². The fourth-order valence-corrected chi connectivity index (χ4v) is 4.08. The number of aliphatic hydroxyl groups excluding tert-OH is 1. The van der Waals surface area contributed by atoms with Gasteiger partial charge in [0.25, 0.3) is 0 Å². The number of ketones is 1. The zero-order valence-corrected chi connectivity index (χ0v) is 13.6. The van der Waals surface area contributed by atoms with Crippen LogP contribution in [-0.2, 0) is 15.1 Å². The van der Waals surface area contributed by atoms with Gasteiger partial charge in [-0.1, -0.05) is 36.4 Å². The molecule has 0 saturated carbocycles. The van der Waals surface area contributed by atoms with E-state index in [0.29, 0.717) is 28.2 Å². The molecule has 5 nitrogen and oxygen atoms in total. The molecule has 5 rings (SSSR count). The van der Waals surface area contributed by atoms with Crippen LogP contribution in [0.1, 0.15) is 21.5 Å². The van der Waals surface area contributed by atoms with E-state index in [4.69, 9.17) is 9.47 Å². The van der Waals surface area contributed by atoms with E-state index in [1.165, 1.54) is 0 Å². The third kappa shape index (κ3) is 1.73. The van der Waals surface area contributed by atoms with Gasteiger partial charge < -0.3 is 14.6 Å². The van der Waals surface area contributed by atoms with Crippen molar-refractivity contribution in [2.75, 3.05) is 6.61 Å². The zero-order chi connectivity index (χ0) is 17.9. The maximum atomic E-state index is 13.1. The molecule has 1 aliphatic carbocycles. The number of ether oxygens (including phenoxy) is 2. The summed E-state index contributed by atoms with van der Waals surface area (Å²) in [6.07, 6.45) is 3.22.